The summed E-state index contributed by atoms with van der Waals surface area (Å²) in [4.78, 5) is 13.2. The van der Waals surface area contributed by atoms with Crippen molar-refractivity contribution in [2.45, 2.75) is 25.4 Å². The lowest BCUT2D eigenvalue weighted by molar-refractivity contribution is 0.0697. The third-order valence-electron chi connectivity index (χ3n) is 3.81. The van der Waals surface area contributed by atoms with Crippen molar-refractivity contribution in [2.75, 3.05) is 6.54 Å². The molecule has 16 heavy (non-hydrogen) atoms. The Morgan fingerprint density at radius 1 is 1.31 bits per heavy atom. The van der Waals surface area contributed by atoms with Crippen LogP contribution in [0.5, 0.6) is 0 Å². The summed E-state index contributed by atoms with van der Waals surface area (Å²) in [6.45, 7) is 2.20. The molecule has 1 aromatic carbocycles. The smallest absolute Gasteiger partial charge is 0.335 e. The van der Waals surface area contributed by atoms with Gasteiger partial charge in [-0.25, -0.2) is 4.79 Å². The summed E-state index contributed by atoms with van der Waals surface area (Å²) in [6.07, 6.45) is 2.74. The molecule has 0 aromatic heterocycles. The fraction of sp³-hybridized carbons (Fsp3) is 0.462. The Hall–Kier alpha value is -1.35. The molecule has 1 N–H and O–H groups in total. The highest BCUT2D eigenvalue weighted by Crippen LogP contribution is 2.41. The predicted molar refractivity (Wildman–Crippen MR) is 60.3 cm³/mol. The van der Waals surface area contributed by atoms with Gasteiger partial charge in [-0.05, 0) is 36.5 Å². The van der Waals surface area contributed by atoms with Crippen molar-refractivity contribution in [2.24, 2.45) is 5.92 Å². The molecule has 2 bridgehead atoms. The fourth-order valence-electron chi connectivity index (χ4n) is 2.81. The van der Waals surface area contributed by atoms with Crippen molar-refractivity contribution < 1.29 is 9.90 Å². The second-order valence-electron chi connectivity index (χ2n) is 4.92. The maximum atomic E-state index is 10.7. The summed E-state index contributed by atoms with van der Waals surface area (Å²) >= 11 is 0. The number of benzene rings is 1. The molecule has 84 valence electrons. The number of rotatable bonds is 3. The van der Waals surface area contributed by atoms with E-state index in [1.165, 1.54) is 24.9 Å². The number of carbonyl (C=O) groups is 1. The Bertz CT molecular complexity index is 406. The minimum absolute atomic E-state index is 0.370. The Morgan fingerprint density at radius 3 is 2.50 bits per heavy atom. The first kappa shape index (κ1) is 9.85. The number of hydrogen-bond donors (Lipinski definition) is 1. The summed E-state index contributed by atoms with van der Waals surface area (Å²) < 4.78 is 0. The standard InChI is InChI=1S/C13H15NO2/c15-13(16)11-3-1-9(2-4-11)7-14-8-10-5-12(14)6-10/h1-4,10,12H,5-8H2,(H,15,16). The van der Waals surface area contributed by atoms with Crippen LogP contribution < -0.4 is 0 Å². The molecule has 0 spiro atoms. The summed E-state index contributed by atoms with van der Waals surface area (Å²) in [6, 6.07) is 8.04. The van der Waals surface area contributed by atoms with Gasteiger partial charge in [0, 0.05) is 19.1 Å². The van der Waals surface area contributed by atoms with Crippen molar-refractivity contribution in [3.05, 3.63) is 35.4 Å². The highest BCUT2D eigenvalue weighted by molar-refractivity contribution is 5.87. The van der Waals surface area contributed by atoms with Gasteiger partial charge in [0.2, 0.25) is 0 Å². The molecule has 4 rings (SSSR count). The number of aromatic carboxylic acids is 1. The number of carboxylic acid groups (broad SMARTS) is 1. The van der Waals surface area contributed by atoms with Crippen LogP contribution in [0.4, 0.5) is 0 Å². The first-order valence-electron chi connectivity index (χ1n) is 5.78. The minimum atomic E-state index is -0.852. The number of fused-ring (bicyclic) bond motifs is 1. The third-order valence-corrected chi connectivity index (χ3v) is 3.81. The van der Waals surface area contributed by atoms with Gasteiger partial charge in [0.1, 0.15) is 0 Å². The zero-order chi connectivity index (χ0) is 11.1. The lowest BCUT2D eigenvalue weighted by atomic mass is 9.86. The first-order valence-corrected chi connectivity index (χ1v) is 5.78. The molecule has 0 radical (unpaired) electrons. The first-order chi connectivity index (χ1) is 7.72. The van der Waals surface area contributed by atoms with Crippen LogP contribution >= 0.6 is 0 Å². The van der Waals surface area contributed by atoms with E-state index in [2.05, 4.69) is 4.90 Å². The van der Waals surface area contributed by atoms with E-state index in [9.17, 15) is 4.79 Å². The number of carboxylic acids is 1. The van der Waals surface area contributed by atoms with Gasteiger partial charge in [0.25, 0.3) is 0 Å². The molecule has 3 fully saturated rings. The zero-order valence-electron chi connectivity index (χ0n) is 9.10. The normalized spacial score (nSPS) is 27.8. The number of nitrogens with zero attached hydrogens (tertiary/aromatic N) is 1. The van der Waals surface area contributed by atoms with Gasteiger partial charge < -0.3 is 5.11 Å². The average Bonchev–Trinajstić information content (AvgIpc) is 2.76. The molecule has 0 unspecified atom stereocenters. The molecule has 3 nitrogen and oxygen atoms in total. The van der Waals surface area contributed by atoms with Crippen LogP contribution in [0.3, 0.4) is 0 Å². The van der Waals surface area contributed by atoms with Gasteiger partial charge >= 0.3 is 5.97 Å². The van der Waals surface area contributed by atoms with Crippen LogP contribution in [0.1, 0.15) is 28.8 Å². The molecule has 0 amide bonds. The van der Waals surface area contributed by atoms with Crippen LogP contribution in [0, 0.1) is 5.92 Å². The lowest BCUT2D eigenvalue weighted by Gasteiger charge is -2.25. The highest BCUT2D eigenvalue weighted by Gasteiger charge is 2.42. The highest BCUT2D eigenvalue weighted by atomic mass is 16.4. The van der Waals surface area contributed by atoms with Crippen LogP contribution in [-0.4, -0.2) is 28.6 Å². The van der Waals surface area contributed by atoms with E-state index in [0.29, 0.717) is 5.56 Å². The SMILES string of the molecule is O=C(O)c1ccc(CN2CC3CC2C3)cc1. The van der Waals surface area contributed by atoms with E-state index in [-0.39, 0.29) is 0 Å². The molecular weight excluding hydrogens is 202 g/mol. The molecule has 3 aliphatic rings. The summed E-state index contributed by atoms with van der Waals surface area (Å²) in [5.41, 5.74) is 1.59. The van der Waals surface area contributed by atoms with Crippen molar-refractivity contribution in [3.8, 4) is 0 Å². The fourth-order valence-corrected chi connectivity index (χ4v) is 2.81. The topological polar surface area (TPSA) is 40.5 Å². The van der Waals surface area contributed by atoms with Crippen molar-refractivity contribution in [1.82, 2.24) is 4.90 Å². The van der Waals surface area contributed by atoms with Crippen LogP contribution in [0.2, 0.25) is 0 Å². The van der Waals surface area contributed by atoms with Crippen LogP contribution in [-0.2, 0) is 6.54 Å². The zero-order valence-corrected chi connectivity index (χ0v) is 9.10. The van der Waals surface area contributed by atoms with E-state index < -0.39 is 5.97 Å². The van der Waals surface area contributed by atoms with E-state index >= 15 is 0 Å². The second kappa shape index (κ2) is 3.59. The Labute approximate surface area is 94.7 Å². The Kier molecular flexibility index (Phi) is 2.21. The summed E-state index contributed by atoms with van der Waals surface area (Å²) in [5, 5.41) is 8.80. The second-order valence-corrected chi connectivity index (χ2v) is 4.92. The molecule has 1 aromatic rings. The van der Waals surface area contributed by atoms with E-state index in [0.717, 1.165) is 18.5 Å². The van der Waals surface area contributed by atoms with Gasteiger partial charge in [0.15, 0.2) is 0 Å². The van der Waals surface area contributed by atoms with E-state index in [1.807, 2.05) is 12.1 Å². The van der Waals surface area contributed by atoms with Gasteiger partial charge in [-0.1, -0.05) is 12.1 Å². The summed E-state index contributed by atoms with van der Waals surface area (Å²) in [7, 11) is 0. The maximum Gasteiger partial charge on any atom is 0.335 e. The quantitative estimate of drug-likeness (QED) is 0.841. The monoisotopic (exact) mass is 217 g/mol. The summed E-state index contributed by atoms with van der Waals surface area (Å²) in [5.74, 6) is 0.0817. The largest absolute Gasteiger partial charge is 0.478 e. The third kappa shape index (κ3) is 1.61. The lowest BCUT2D eigenvalue weighted by Crippen LogP contribution is -2.28. The van der Waals surface area contributed by atoms with Gasteiger partial charge in [-0.15, -0.1) is 0 Å². The Morgan fingerprint density at radius 2 is 2.00 bits per heavy atom. The van der Waals surface area contributed by atoms with E-state index in [1.54, 1.807) is 12.1 Å². The number of hydrogen-bond acceptors (Lipinski definition) is 2. The average molecular weight is 217 g/mol. The van der Waals surface area contributed by atoms with Crippen LogP contribution in [0.15, 0.2) is 24.3 Å². The molecular formula is C13H15NO2. The molecule has 2 saturated heterocycles. The molecule has 1 aliphatic carbocycles. The van der Waals surface area contributed by atoms with Gasteiger partial charge in [0.05, 0.1) is 5.56 Å². The van der Waals surface area contributed by atoms with E-state index in [4.69, 9.17) is 5.11 Å². The van der Waals surface area contributed by atoms with Gasteiger partial charge in [-0.2, -0.15) is 0 Å². The Balaban J connectivity index is 1.68. The maximum absolute atomic E-state index is 10.7. The van der Waals surface area contributed by atoms with Crippen molar-refractivity contribution >= 4 is 5.97 Å². The van der Waals surface area contributed by atoms with Crippen LogP contribution in [0.25, 0.3) is 0 Å². The molecule has 2 heterocycles. The van der Waals surface area contributed by atoms with Crippen molar-refractivity contribution in [3.63, 3.8) is 0 Å². The molecule has 3 heteroatoms. The molecule has 2 aliphatic heterocycles. The van der Waals surface area contributed by atoms with Crippen molar-refractivity contribution in [1.29, 1.82) is 0 Å². The predicted octanol–water partition coefficient (Wildman–Crippen LogP) is 1.98. The van der Waals surface area contributed by atoms with Gasteiger partial charge in [-0.3, -0.25) is 4.90 Å². The molecule has 0 atom stereocenters. The molecule has 1 saturated carbocycles. The minimum Gasteiger partial charge on any atom is -0.478 e.